The van der Waals surface area contributed by atoms with E-state index in [9.17, 15) is 4.39 Å². The summed E-state index contributed by atoms with van der Waals surface area (Å²) >= 11 is 1.67. The van der Waals surface area contributed by atoms with Crippen LogP contribution in [0.4, 0.5) is 10.1 Å². The molecule has 0 fully saturated rings. The topological polar surface area (TPSA) is 12.0 Å². The van der Waals surface area contributed by atoms with E-state index in [1.807, 2.05) is 13.0 Å². The Kier molecular flexibility index (Phi) is 3.25. The quantitative estimate of drug-likeness (QED) is 0.844. The number of halogens is 1. The van der Waals surface area contributed by atoms with Crippen LogP contribution in [0.1, 0.15) is 16.7 Å². The summed E-state index contributed by atoms with van der Waals surface area (Å²) in [4.78, 5) is 0. The molecule has 1 heterocycles. The van der Waals surface area contributed by atoms with E-state index in [-0.39, 0.29) is 5.82 Å². The standard InChI is InChI=1S/C13H14FNS/c1-9-3-4-12(14)5-11(9)6-15-13-8-16-7-10(13)2/h3-5,7-8,15H,6H2,1-2H3. The minimum Gasteiger partial charge on any atom is -0.380 e. The van der Waals surface area contributed by atoms with E-state index in [1.165, 1.54) is 11.6 Å². The van der Waals surface area contributed by atoms with Gasteiger partial charge < -0.3 is 5.32 Å². The van der Waals surface area contributed by atoms with Crippen LogP contribution < -0.4 is 5.32 Å². The van der Waals surface area contributed by atoms with Crippen LogP contribution in [0.5, 0.6) is 0 Å². The van der Waals surface area contributed by atoms with Gasteiger partial charge in [-0.2, -0.15) is 0 Å². The van der Waals surface area contributed by atoms with Crippen molar-refractivity contribution in [3.63, 3.8) is 0 Å². The highest BCUT2D eigenvalue weighted by Gasteiger charge is 2.02. The number of anilines is 1. The van der Waals surface area contributed by atoms with Gasteiger partial charge >= 0.3 is 0 Å². The molecule has 16 heavy (non-hydrogen) atoms. The molecule has 1 N–H and O–H groups in total. The largest absolute Gasteiger partial charge is 0.380 e. The van der Waals surface area contributed by atoms with Crippen LogP contribution in [0, 0.1) is 19.7 Å². The van der Waals surface area contributed by atoms with Crippen LogP contribution in [-0.2, 0) is 6.54 Å². The Bertz CT molecular complexity index is 490. The second-order valence-electron chi connectivity index (χ2n) is 3.89. The van der Waals surface area contributed by atoms with Crippen molar-refractivity contribution >= 4 is 17.0 Å². The Balaban J connectivity index is 2.10. The highest BCUT2D eigenvalue weighted by molar-refractivity contribution is 7.08. The normalized spacial score (nSPS) is 10.4. The maximum atomic E-state index is 13.1. The first-order chi connectivity index (χ1) is 7.66. The number of rotatable bonds is 3. The number of benzene rings is 1. The molecule has 0 aliphatic heterocycles. The smallest absolute Gasteiger partial charge is 0.123 e. The molecule has 2 rings (SSSR count). The molecule has 0 spiro atoms. The van der Waals surface area contributed by atoms with Crippen molar-refractivity contribution in [2.24, 2.45) is 0 Å². The van der Waals surface area contributed by atoms with Crippen molar-refractivity contribution in [2.75, 3.05) is 5.32 Å². The molecule has 0 saturated carbocycles. The van der Waals surface area contributed by atoms with Gasteiger partial charge in [0.25, 0.3) is 0 Å². The van der Waals surface area contributed by atoms with Crippen LogP contribution in [0.3, 0.4) is 0 Å². The van der Waals surface area contributed by atoms with Crippen LogP contribution in [0.15, 0.2) is 29.0 Å². The van der Waals surface area contributed by atoms with Crippen LogP contribution in [-0.4, -0.2) is 0 Å². The van der Waals surface area contributed by atoms with Crippen LogP contribution in [0.2, 0.25) is 0 Å². The fourth-order valence-electron chi connectivity index (χ4n) is 1.56. The zero-order valence-corrected chi connectivity index (χ0v) is 10.2. The van der Waals surface area contributed by atoms with Crippen LogP contribution >= 0.6 is 11.3 Å². The van der Waals surface area contributed by atoms with Gasteiger partial charge in [-0.1, -0.05) is 6.07 Å². The molecular weight excluding hydrogens is 221 g/mol. The SMILES string of the molecule is Cc1ccc(F)cc1CNc1cscc1C. The molecule has 0 unspecified atom stereocenters. The summed E-state index contributed by atoms with van der Waals surface area (Å²) in [5.74, 6) is -0.176. The monoisotopic (exact) mass is 235 g/mol. The average molecular weight is 235 g/mol. The van der Waals surface area contributed by atoms with Gasteiger partial charge in [0, 0.05) is 17.6 Å². The molecule has 1 nitrogen and oxygen atoms in total. The fourth-order valence-corrected chi connectivity index (χ4v) is 2.37. The molecule has 0 atom stereocenters. The van der Waals surface area contributed by atoms with Crippen molar-refractivity contribution < 1.29 is 4.39 Å². The fraction of sp³-hybridized carbons (Fsp3) is 0.231. The summed E-state index contributed by atoms with van der Waals surface area (Å²) in [7, 11) is 0. The van der Waals surface area contributed by atoms with E-state index >= 15 is 0 Å². The maximum Gasteiger partial charge on any atom is 0.123 e. The minimum absolute atomic E-state index is 0.176. The molecule has 0 amide bonds. The lowest BCUT2D eigenvalue weighted by Crippen LogP contribution is -2.01. The van der Waals surface area contributed by atoms with E-state index in [2.05, 4.69) is 23.0 Å². The molecular formula is C13H14FNS. The van der Waals surface area contributed by atoms with Gasteiger partial charge in [-0.15, -0.1) is 11.3 Å². The zero-order chi connectivity index (χ0) is 11.5. The van der Waals surface area contributed by atoms with Gasteiger partial charge in [0.2, 0.25) is 0 Å². The van der Waals surface area contributed by atoms with Gasteiger partial charge in [0.1, 0.15) is 5.82 Å². The second kappa shape index (κ2) is 4.66. The maximum absolute atomic E-state index is 13.1. The Morgan fingerprint density at radius 2 is 2.00 bits per heavy atom. The van der Waals surface area contributed by atoms with E-state index < -0.39 is 0 Å². The summed E-state index contributed by atoms with van der Waals surface area (Å²) in [6, 6.07) is 4.89. The van der Waals surface area contributed by atoms with E-state index in [1.54, 1.807) is 17.4 Å². The molecule has 0 bridgehead atoms. The number of aryl methyl sites for hydroxylation is 2. The third-order valence-corrected chi connectivity index (χ3v) is 3.50. The Labute approximate surface area is 98.9 Å². The number of hydrogen-bond donors (Lipinski definition) is 1. The lowest BCUT2D eigenvalue weighted by molar-refractivity contribution is 0.625. The Morgan fingerprint density at radius 3 is 2.69 bits per heavy atom. The lowest BCUT2D eigenvalue weighted by atomic mass is 10.1. The Hall–Kier alpha value is -1.35. The molecule has 0 saturated heterocycles. The van der Waals surface area contributed by atoms with Crippen molar-refractivity contribution in [2.45, 2.75) is 20.4 Å². The number of nitrogens with one attached hydrogen (secondary N) is 1. The van der Waals surface area contributed by atoms with E-state index in [0.29, 0.717) is 6.54 Å². The van der Waals surface area contributed by atoms with Gasteiger partial charge in [0.05, 0.1) is 0 Å². The minimum atomic E-state index is -0.176. The molecule has 2 aromatic rings. The van der Waals surface area contributed by atoms with Crippen molar-refractivity contribution in [1.29, 1.82) is 0 Å². The zero-order valence-electron chi connectivity index (χ0n) is 9.38. The van der Waals surface area contributed by atoms with Gasteiger partial charge in [-0.25, -0.2) is 4.39 Å². The highest BCUT2D eigenvalue weighted by atomic mass is 32.1. The summed E-state index contributed by atoms with van der Waals surface area (Å²) in [5.41, 5.74) is 4.49. The Morgan fingerprint density at radius 1 is 1.19 bits per heavy atom. The first-order valence-electron chi connectivity index (χ1n) is 5.18. The van der Waals surface area contributed by atoms with Gasteiger partial charge in [-0.05, 0) is 48.1 Å². The summed E-state index contributed by atoms with van der Waals surface area (Å²) < 4.78 is 13.1. The summed E-state index contributed by atoms with van der Waals surface area (Å²) in [6.07, 6.45) is 0. The molecule has 84 valence electrons. The van der Waals surface area contributed by atoms with Crippen molar-refractivity contribution in [1.82, 2.24) is 0 Å². The van der Waals surface area contributed by atoms with E-state index in [0.717, 1.165) is 16.8 Å². The molecule has 0 radical (unpaired) electrons. The third-order valence-electron chi connectivity index (χ3n) is 2.64. The average Bonchev–Trinajstić information content (AvgIpc) is 2.66. The molecule has 0 aliphatic rings. The molecule has 0 aliphatic carbocycles. The summed E-state index contributed by atoms with van der Waals surface area (Å²) in [5, 5.41) is 7.49. The van der Waals surface area contributed by atoms with Crippen LogP contribution in [0.25, 0.3) is 0 Å². The number of hydrogen-bond acceptors (Lipinski definition) is 2. The first kappa shape index (κ1) is 11.1. The molecule has 3 heteroatoms. The first-order valence-corrected chi connectivity index (χ1v) is 6.13. The molecule has 1 aromatic heterocycles. The third kappa shape index (κ3) is 2.42. The predicted octanol–water partition coefficient (Wildman–Crippen LogP) is 4.12. The van der Waals surface area contributed by atoms with Crippen molar-refractivity contribution in [3.05, 3.63) is 51.5 Å². The van der Waals surface area contributed by atoms with Crippen molar-refractivity contribution in [3.8, 4) is 0 Å². The molecule has 1 aromatic carbocycles. The lowest BCUT2D eigenvalue weighted by Gasteiger charge is -2.08. The van der Waals surface area contributed by atoms with Gasteiger partial charge in [0.15, 0.2) is 0 Å². The highest BCUT2D eigenvalue weighted by Crippen LogP contribution is 2.21. The van der Waals surface area contributed by atoms with E-state index in [4.69, 9.17) is 0 Å². The predicted molar refractivity (Wildman–Crippen MR) is 67.5 cm³/mol. The summed E-state index contributed by atoms with van der Waals surface area (Å²) in [6.45, 7) is 4.73. The number of thiophene rings is 1. The van der Waals surface area contributed by atoms with Gasteiger partial charge in [-0.3, -0.25) is 0 Å². The second-order valence-corrected chi connectivity index (χ2v) is 4.64.